The molecule has 0 aromatic carbocycles. The highest BCUT2D eigenvalue weighted by Crippen LogP contribution is 2.32. The van der Waals surface area contributed by atoms with Gasteiger partial charge in [0.1, 0.15) is 0 Å². The van der Waals surface area contributed by atoms with Crippen LogP contribution in [0.5, 0.6) is 0 Å². The molecular formula is C11H18OS. The summed E-state index contributed by atoms with van der Waals surface area (Å²) in [5.74, 6) is 0. The zero-order chi connectivity index (χ0) is 10.1. The van der Waals surface area contributed by atoms with Gasteiger partial charge in [-0.25, -0.2) is 0 Å². The second kappa shape index (κ2) is 3.81. The lowest BCUT2D eigenvalue weighted by molar-refractivity contribution is 0.184. The lowest BCUT2D eigenvalue weighted by Gasteiger charge is -2.15. The van der Waals surface area contributed by atoms with E-state index >= 15 is 0 Å². The maximum absolute atomic E-state index is 5.14. The van der Waals surface area contributed by atoms with Crippen molar-refractivity contribution in [3.8, 4) is 0 Å². The number of thiophene rings is 1. The number of aryl methyl sites for hydroxylation is 1. The molecule has 0 unspecified atom stereocenters. The molecule has 0 bridgehead atoms. The van der Waals surface area contributed by atoms with Gasteiger partial charge >= 0.3 is 0 Å². The van der Waals surface area contributed by atoms with Crippen molar-refractivity contribution in [2.24, 2.45) is 0 Å². The van der Waals surface area contributed by atoms with Crippen molar-refractivity contribution < 1.29 is 4.74 Å². The molecule has 1 heterocycles. The SMILES string of the molecule is COCc1cc(C(C)(C)C)sc1C. The Morgan fingerprint density at radius 3 is 2.38 bits per heavy atom. The zero-order valence-electron chi connectivity index (χ0n) is 9.10. The molecule has 0 aliphatic carbocycles. The smallest absolute Gasteiger partial charge is 0.0723 e. The van der Waals surface area contributed by atoms with Gasteiger partial charge in [-0.05, 0) is 24.0 Å². The van der Waals surface area contributed by atoms with Crippen LogP contribution in [0.2, 0.25) is 0 Å². The molecule has 2 heteroatoms. The molecular weight excluding hydrogens is 180 g/mol. The van der Waals surface area contributed by atoms with Crippen molar-refractivity contribution in [2.45, 2.75) is 39.7 Å². The van der Waals surface area contributed by atoms with E-state index in [9.17, 15) is 0 Å². The first kappa shape index (κ1) is 10.7. The van der Waals surface area contributed by atoms with Gasteiger partial charge in [0.2, 0.25) is 0 Å². The molecule has 1 aromatic rings. The van der Waals surface area contributed by atoms with E-state index in [1.54, 1.807) is 7.11 Å². The van der Waals surface area contributed by atoms with Gasteiger partial charge in [0.15, 0.2) is 0 Å². The second-order valence-corrected chi connectivity index (χ2v) is 5.63. The maximum Gasteiger partial charge on any atom is 0.0723 e. The highest BCUT2D eigenvalue weighted by atomic mass is 32.1. The van der Waals surface area contributed by atoms with Crippen LogP contribution >= 0.6 is 11.3 Å². The normalized spacial score (nSPS) is 12.1. The number of methoxy groups -OCH3 is 1. The van der Waals surface area contributed by atoms with Crippen molar-refractivity contribution in [1.29, 1.82) is 0 Å². The fourth-order valence-electron chi connectivity index (χ4n) is 1.19. The third-order valence-electron chi connectivity index (χ3n) is 2.06. The summed E-state index contributed by atoms with van der Waals surface area (Å²) in [7, 11) is 1.74. The van der Waals surface area contributed by atoms with Crippen LogP contribution in [0.15, 0.2) is 6.07 Å². The lowest BCUT2D eigenvalue weighted by Crippen LogP contribution is -2.08. The van der Waals surface area contributed by atoms with Gasteiger partial charge in [-0.1, -0.05) is 20.8 Å². The average Bonchev–Trinajstić information content (AvgIpc) is 2.32. The first-order valence-corrected chi connectivity index (χ1v) is 5.35. The third kappa shape index (κ3) is 2.55. The van der Waals surface area contributed by atoms with E-state index in [0.717, 1.165) is 6.61 Å². The van der Waals surface area contributed by atoms with Crippen LogP contribution in [0.4, 0.5) is 0 Å². The molecule has 0 aliphatic heterocycles. The molecule has 0 aliphatic rings. The van der Waals surface area contributed by atoms with Gasteiger partial charge in [0.05, 0.1) is 6.61 Å². The van der Waals surface area contributed by atoms with E-state index in [2.05, 4.69) is 33.8 Å². The second-order valence-electron chi connectivity index (χ2n) is 4.38. The molecule has 1 aromatic heterocycles. The summed E-state index contributed by atoms with van der Waals surface area (Å²) >= 11 is 1.88. The minimum absolute atomic E-state index is 0.265. The average molecular weight is 198 g/mol. The van der Waals surface area contributed by atoms with Gasteiger partial charge in [0, 0.05) is 16.9 Å². The van der Waals surface area contributed by atoms with E-state index in [4.69, 9.17) is 4.74 Å². The van der Waals surface area contributed by atoms with Crippen molar-refractivity contribution >= 4 is 11.3 Å². The molecule has 0 spiro atoms. The van der Waals surface area contributed by atoms with Crippen LogP contribution in [0, 0.1) is 6.92 Å². The number of hydrogen-bond acceptors (Lipinski definition) is 2. The van der Waals surface area contributed by atoms with Crippen LogP contribution < -0.4 is 0 Å². The third-order valence-corrected chi connectivity index (χ3v) is 3.58. The Morgan fingerprint density at radius 1 is 1.38 bits per heavy atom. The van der Waals surface area contributed by atoms with Crippen molar-refractivity contribution in [1.82, 2.24) is 0 Å². The van der Waals surface area contributed by atoms with E-state index in [-0.39, 0.29) is 5.41 Å². The summed E-state index contributed by atoms with van der Waals surface area (Å²) in [5.41, 5.74) is 1.60. The lowest BCUT2D eigenvalue weighted by atomic mass is 9.94. The van der Waals surface area contributed by atoms with Gasteiger partial charge in [-0.3, -0.25) is 0 Å². The Bertz CT molecular complexity index is 281. The van der Waals surface area contributed by atoms with Crippen molar-refractivity contribution in [3.63, 3.8) is 0 Å². The highest BCUT2D eigenvalue weighted by Gasteiger charge is 2.17. The maximum atomic E-state index is 5.14. The van der Waals surface area contributed by atoms with Crippen LogP contribution in [-0.4, -0.2) is 7.11 Å². The summed E-state index contributed by atoms with van der Waals surface area (Å²) in [6.07, 6.45) is 0. The van der Waals surface area contributed by atoms with Gasteiger partial charge in [-0.2, -0.15) is 0 Å². The Labute approximate surface area is 84.7 Å². The number of ether oxygens (including phenoxy) is 1. The van der Waals surface area contributed by atoms with E-state index in [1.807, 2.05) is 11.3 Å². The van der Waals surface area contributed by atoms with Gasteiger partial charge in [0.25, 0.3) is 0 Å². The molecule has 0 fully saturated rings. The number of hydrogen-bond donors (Lipinski definition) is 0. The van der Waals surface area contributed by atoms with Gasteiger partial charge in [-0.15, -0.1) is 11.3 Å². The molecule has 0 amide bonds. The Kier molecular flexibility index (Phi) is 3.14. The topological polar surface area (TPSA) is 9.23 Å². The molecule has 74 valence electrons. The molecule has 1 nitrogen and oxygen atoms in total. The standard InChI is InChI=1S/C11H18OS/c1-8-9(7-12-5)6-10(13-8)11(2,3)4/h6H,7H2,1-5H3. The summed E-state index contributed by atoms with van der Waals surface area (Å²) in [6, 6.07) is 2.27. The fourth-order valence-corrected chi connectivity index (χ4v) is 2.27. The first-order valence-electron chi connectivity index (χ1n) is 4.54. The summed E-state index contributed by atoms with van der Waals surface area (Å²) in [5, 5.41) is 0. The van der Waals surface area contributed by atoms with Crippen LogP contribution in [0.3, 0.4) is 0 Å². The van der Waals surface area contributed by atoms with Crippen molar-refractivity contribution in [3.05, 3.63) is 21.4 Å². The van der Waals surface area contributed by atoms with Crippen LogP contribution in [-0.2, 0) is 16.8 Å². The number of rotatable bonds is 2. The minimum atomic E-state index is 0.265. The molecule has 0 atom stereocenters. The van der Waals surface area contributed by atoms with E-state index in [0.29, 0.717) is 0 Å². The predicted molar refractivity (Wildman–Crippen MR) is 58.5 cm³/mol. The fraction of sp³-hybridized carbons (Fsp3) is 0.636. The van der Waals surface area contributed by atoms with Crippen molar-refractivity contribution in [2.75, 3.05) is 7.11 Å². The minimum Gasteiger partial charge on any atom is -0.380 e. The summed E-state index contributed by atoms with van der Waals surface area (Å²) < 4.78 is 5.14. The summed E-state index contributed by atoms with van der Waals surface area (Å²) in [4.78, 5) is 2.82. The molecule has 1 rings (SSSR count). The summed E-state index contributed by atoms with van der Waals surface area (Å²) in [6.45, 7) is 9.63. The quantitative estimate of drug-likeness (QED) is 0.706. The Hall–Kier alpha value is -0.340. The molecule has 0 radical (unpaired) electrons. The molecule has 13 heavy (non-hydrogen) atoms. The molecule has 0 N–H and O–H groups in total. The zero-order valence-corrected chi connectivity index (χ0v) is 9.92. The first-order chi connectivity index (χ1) is 5.95. The van der Waals surface area contributed by atoms with Crippen LogP contribution in [0.25, 0.3) is 0 Å². The van der Waals surface area contributed by atoms with E-state index < -0.39 is 0 Å². The predicted octanol–water partition coefficient (Wildman–Crippen LogP) is 3.50. The monoisotopic (exact) mass is 198 g/mol. The van der Waals surface area contributed by atoms with E-state index in [1.165, 1.54) is 15.3 Å². The Balaban J connectivity index is 2.95. The molecule has 0 saturated carbocycles. The largest absolute Gasteiger partial charge is 0.380 e. The Morgan fingerprint density at radius 2 is 2.00 bits per heavy atom. The van der Waals surface area contributed by atoms with Gasteiger partial charge < -0.3 is 4.74 Å². The highest BCUT2D eigenvalue weighted by molar-refractivity contribution is 7.12. The van der Waals surface area contributed by atoms with Crippen LogP contribution in [0.1, 0.15) is 36.1 Å². The molecule has 0 saturated heterocycles.